The summed E-state index contributed by atoms with van der Waals surface area (Å²) < 4.78 is 10.3. The minimum absolute atomic E-state index is 0.146. The van der Waals surface area contributed by atoms with Crippen LogP contribution >= 0.6 is 0 Å². The molecule has 128 valence electrons. The van der Waals surface area contributed by atoms with Gasteiger partial charge in [-0.15, -0.1) is 0 Å². The van der Waals surface area contributed by atoms with Gasteiger partial charge in [0.25, 0.3) is 5.91 Å². The maximum atomic E-state index is 11.9. The average molecular weight is 329 g/mol. The monoisotopic (exact) mass is 329 g/mol. The number of ether oxygens (including phenoxy) is 2. The van der Waals surface area contributed by atoms with E-state index in [1.54, 1.807) is 12.0 Å². The zero-order chi connectivity index (χ0) is 17.5. The molecular formula is C19H23NO4. The number of fused-ring (bicyclic) bond motifs is 1. The van der Waals surface area contributed by atoms with Crippen LogP contribution in [0.15, 0.2) is 36.4 Å². The fraction of sp³-hybridized carbons (Fsp3) is 0.368. The van der Waals surface area contributed by atoms with E-state index in [1.165, 1.54) is 0 Å². The summed E-state index contributed by atoms with van der Waals surface area (Å²) in [4.78, 5) is 25.4. The van der Waals surface area contributed by atoms with Gasteiger partial charge in [0, 0.05) is 13.1 Å². The van der Waals surface area contributed by atoms with Crippen molar-refractivity contribution in [1.82, 2.24) is 4.90 Å². The van der Waals surface area contributed by atoms with Crippen LogP contribution in [0.5, 0.6) is 5.75 Å². The number of hydrogen-bond acceptors (Lipinski definition) is 4. The number of methoxy groups -OCH3 is 1. The minimum atomic E-state index is -0.400. The summed E-state index contributed by atoms with van der Waals surface area (Å²) in [6, 6.07) is 11.6. The lowest BCUT2D eigenvalue weighted by molar-refractivity contribution is -0.151. The van der Waals surface area contributed by atoms with Crippen molar-refractivity contribution in [3.8, 4) is 5.75 Å². The molecule has 0 fully saturated rings. The van der Waals surface area contributed by atoms with Crippen LogP contribution < -0.4 is 4.74 Å². The third-order valence-corrected chi connectivity index (χ3v) is 3.93. The van der Waals surface area contributed by atoms with Crippen molar-refractivity contribution in [3.63, 3.8) is 0 Å². The number of carbonyl (C=O) groups is 2. The third kappa shape index (κ3) is 4.47. The summed E-state index contributed by atoms with van der Waals surface area (Å²) in [5.74, 6) is 0.229. The topological polar surface area (TPSA) is 55.8 Å². The van der Waals surface area contributed by atoms with E-state index in [0.29, 0.717) is 13.1 Å². The molecule has 5 heteroatoms. The lowest BCUT2D eigenvalue weighted by Crippen LogP contribution is -2.34. The molecule has 5 nitrogen and oxygen atoms in total. The molecule has 0 aliphatic rings. The molecule has 0 bridgehead atoms. The van der Waals surface area contributed by atoms with Crippen molar-refractivity contribution in [1.29, 1.82) is 0 Å². The maximum Gasteiger partial charge on any atom is 0.310 e. The van der Waals surface area contributed by atoms with Gasteiger partial charge in [0.05, 0.1) is 13.5 Å². The van der Waals surface area contributed by atoms with E-state index in [0.717, 1.165) is 22.1 Å². The largest absolute Gasteiger partial charge is 0.497 e. The molecule has 2 aromatic rings. The number of nitrogens with zero attached hydrogens (tertiary/aromatic N) is 1. The second kappa shape index (κ2) is 8.34. The first-order chi connectivity index (χ1) is 11.6. The average Bonchev–Trinajstić information content (AvgIpc) is 2.60. The van der Waals surface area contributed by atoms with Gasteiger partial charge >= 0.3 is 5.97 Å². The molecule has 0 heterocycles. The van der Waals surface area contributed by atoms with Crippen molar-refractivity contribution >= 4 is 22.6 Å². The molecule has 0 aromatic heterocycles. The van der Waals surface area contributed by atoms with Crippen LogP contribution in [0.1, 0.15) is 19.4 Å². The second-order valence-corrected chi connectivity index (χ2v) is 5.45. The van der Waals surface area contributed by atoms with Crippen LogP contribution in [0, 0.1) is 0 Å². The minimum Gasteiger partial charge on any atom is -0.497 e. The summed E-state index contributed by atoms with van der Waals surface area (Å²) >= 11 is 0. The number of rotatable bonds is 7. The fourth-order valence-corrected chi connectivity index (χ4v) is 2.54. The Kier molecular flexibility index (Phi) is 6.18. The Morgan fingerprint density at radius 1 is 1.00 bits per heavy atom. The van der Waals surface area contributed by atoms with Crippen LogP contribution in [0.2, 0.25) is 0 Å². The van der Waals surface area contributed by atoms with Crippen LogP contribution in [0.4, 0.5) is 0 Å². The Balaban J connectivity index is 1.96. The van der Waals surface area contributed by atoms with Gasteiger partial charge in [-0.05, 0) is 42.3 Å². The lowest BCUT2D eigenvalue weighted by Gasteiger charge is -2.18. The van der Waals surface area contributed by atoms with E-state index in [4.69, 9.17) is 9.47 Å². The van der Waals surface area contributed by atoms with Gasteiger partial charge in [0.15, 0.2) is 6.61 Å². The lowest BCUT2D eigenvalue weighted by atomic mass is 10.0. The van der Waals surface area contributed by atoms with Gasteiger partial charge in [0.1, 0.15) is 5.75 Å². The highest BCUT2D eigenvalue weighted by molar-refractivity contribution is 5.86. The standard InChI is InChI=1S/C19H23NO4/c1-4-20(5-2)18(21)13-24-19(22)11-14-6-7-16-12-17(23-3)9-8-15(16)10-14/h6-10,12H,4-5,11,13H2,1-3H3. The summed E-state index contributed by atoms with van der Waals surface area (Å²) in [6.45, 7) is 4.81. The van der Waals surface area contributed by atoms with Gasteiger partial charge in [-0.3, -0.25) is 9.59 Å². The molecular weight excluding hydrogens is 306 g/mol. The van der Waals surface area contributed by atoms with E-state index in [2.05, 4.69) is 0 Å². The highest BCUT2D eigenvalue weighted by atomic mass is 16.5. The van der Waals surface area contributed by atoms with E-state index < -0.39 is 5.97 Å². The normalized spacial score (nSPS) is 10.5. The van der Waals surface area contributed by atoms with Crippen LogP contribution in [0.3, 0.4) is 0 Å². The van der Waals surface area contributed by atoms with E-state index in [1.807, 2.05) is 50.2 Å². The zero-order valence-corrected chi connectivity index (χ0v) is 14.4. The van der Waals surface area contributed by atoms with Crippen LogP contribution in [0.25, 0.3) is 10.8 Å². The van der Waals surface area contributed by atoms with Gasteiger partial charge in [0.2, 0.25) is 0 Å². The fourth-order valence-electron chi connectivity index (χ4n) is 2.54. The van der Waals surface area contributed by atoms with Gasteiger partial charge in [-0.1, -0.05) is 24.3 Å². The molecule has 0 radical (unpaired) electrons. The number of hydrogen-bond donors (Lipinski definition) is 0. The van der Waals surface area contributed by atoms with Crippen molar-refractivity contribution in [2.24, 2.45) is 0 Å². The molecule has 0 saturated carbocycles. The number of likely N-dealkylation sites (N-methyl/N-ethyl adjacent to an activating group) is 1. The first kappa shape index (κ1) is 17.8. The van der Waals surface area contributed by atoms with Gasteiger partial charge < -0.3 is 14.4 Å². The zero-order valence-electron chi connectivity index (χ0n) is 14.4. The summed E-state index contributed by atoms with van der Waals surface area (Å²) in [6.07, 6.45) is 0.146. The van der Waals surface area contributed by atoms with E-state index in [9.17, 15) is 9.59 Å². The van der Waals surface area contributed by atoms with Crippen molar-refractivity contribution < 1.29 is 19.1 Å². The Bertz CT molecular complexity index is 722. The molecule has 0 saturated heterocycles. The molecule has 24 heavy (non-hydrogen) atoms. The molecule has 2 aromatic carbocycles. The summed E-state index contributed by atoms with van der Waals surface area (Å²) in [7, 11) is 1.63. The van der Waals surface area contributed by atoms with Crippen molar-refractivity contribution in [2.45, 2.75) is 20.3 Å². The predicted molar refractivity (Wildman–Crippen MR) is 93.1 cm³/mol. The van der Waals surface area contributed by atoms with Gasteiger partial charge in [-0.25, -0.2) is 0 Å². The number of carbonyl (C=O) groups excluding carboxylic acids is 2. The Labute approximate surface area is 142 Å². The summed E-state index contributed by atoms with van der Waals surface area (Å²) in [5, 5.41) is 2.07. The smallest absolute Gasteiger partial charge is 0.310 e. The van der Waals surface area contributed by atoms with Crippen molar-refractivity contribution in [2.75, 3.05) is 26.8 Å². The van der Waals surface area contributed by atoms with Gasteiger partial charge in [-0.2, -0.15) is 0 Å². The number of benzene rings is 2. The molecule has 0 unspecified atom stereocenters. The SMILES string of the molecule is CCN(CC)C(=O)COC(=O)Cc1ccc2cc(OC)ccc2c1. The van der Waals surface area contributed by atoms with E-state index >= 15 is 0 Å². The van der Waals surface area contributed by atoms with Crippen LogP contribution in [-0.4, -0.2) is 43.6 Å². The summed E-state index contributed by atoms with van der Waals surface area (Å²) in [5.41, 5.74) is 0.855. The molecule has 0 atom stereocenters. The first-order valence-corrected chi connectivity index (χ1v) is 8.07. The first-order valence-electron chi connectivity index (χ1n) is 8.07. The predicted octanol–water partition coefficient (Wildman–Crippen LogP) is 2.80. The molecule has 1 amide bonds. The quantitative estimate of drug-likeness (QED) is 0.733. The number of amides is 1. The maximum absolute atomic E-state index is 11.9. The number of esters is 1. The molecule has 0 aliphatic carbocycles. The Hall–Kier alpha value is -2.56. The van der Waals surface area contributed by atoms with Crippen LogP contribution in [-0.2, 0) is 20.7 Å². The Morgan fingerprint density at radius 3 is 2.33 bits per heavy atom. The molecule has 0 spiro atoms. The Morgan fingerprint density at radius 2 is 1.67 bits per heavy atom. The highest BCUT2D eigenvalue weighted by Crippen LogP contribution is 2.22. The molecule has 0 N–H and O–H groups in total. The van der Waals surface area contributed by atoms with E-state index in [-0.39, 0.29) is 18.9 Å². The second-order valence-electron chi connectivity index (χ2n) is 5.45. The highest BCUT2D eigenvalue weighted by Gasteiger charge is 2.13. The molecule has 0 aliphatic heterocycles. The third-order valence-electron chi connectivity index (χ3n) is 3.93. The molecule has 2 rings (SSSR count). The van der Waals surface area contributed by atoms with Crippen molar-refractivity contribution in [3.05, 3.63) is 42.0 Å².